The highest BCUT2D eigenvalue weighted by molar-refractivity contribution is 7.87. The second-order valence-corrected chi connectivity index (χ2v) is 7.44. The predicted octanol–water partition coefficient (Wildman–Crippen LogP) is 0.806. The minimum absolute atomic E-state index is 0.499. The van der Waals surface area contributed by atoms with Gasteiger partial charge in [-0.25, -0.2) is 0 Å². The minimum atomic E-state index is -3.61. The molecule has 0 saturated carbocycles. The van der Waals surface area contributed by atoms with Gasteiger partial charge < -0.3 is 5.11 Å². The SMILES string of the molecule is CC(C)(NS(=O)(=O)N1CCCC1)C(C)(C)C(=O)O. The molecule has 0 spiro atoms. The van der Waals surface area contributed by atoms with E-state index in [-0.39, 0.29) is 0 Å². The fraction of sp³-hybridized carbons (Fsp3) is 0.909. The summed E-state index contributed by atoms with van der Waals surface area (Å²) in [5.41, 5.74) is -2.26. The average molecular weight is 278 g/mol. The van der Waals surface area contributed by atoms with Crippen molar-refractivity contribution < 1.29 is 18.3 Å². The zero-order chi connectivity index (χ0) is 14.2. The molecule has 1 rings (SSSR count). The number of aliphatic carboxylic acids is 1. The van der Waals surface area contributed by atoms with Crippen LogP contribution in [0.25, 0.3) is 0 Å². The molecule has 0 unspecified atom stereocenters. The Morgan fingerprint density at radius 2 is 1.61 bits per heavy atom. The Morgan fingerprint density at radius 3 is 2.00 bits per heavy atom. The lowest BCUT2D eigenvalue weighted by atomic mass is 9.75. The molecule has 106 valence electrons. The van der Waals surface area contributed by atoms with Crippen LogP contribution in [0.1, 0.15) is 40.5 Å². The van der Waals surface area contributed by atoms with Crippen molar-refractivity contribution in [2.24, 2.45) is 5.41 Å². The number of nitrogens with one attached hydrogen (secondary N) is 1. The maximum absolute atomic E-state index is 12.1. The molecule has 0 aliphatic carbocycles. The largest absolute Gasteiger partial charge is 0.481 e. The van der Waals surface area contributed by atoms with Crippen LogP contribution in [0.3, 0.4) is 0 Å². The van der Waals surface area contributed by atoms with Gasteiger partial charge in [-0.05, 0) is 40.5 Å². The maximum atomic E-state index is 12.1. The van der Waals surface area contributed by atoms with E-state index in [4.69, 9.17) is 0 Å². The quantitative estimate of drug-likeness (QED) is 0.779. The molecular weight excluding hydrogens is 256 g/mol. The van der Waals surface area contributed by atoms with Gasteiger partial charge in [0.15, 0.2) is 0 Å². The van der Waals surface area contributed by atoms with Crippen LogP contribution in [0.4, 0.5) is 0 Å². The van der Waals surface area contributed by atoms with E-state index in [1.165, 1.54) is 18.2 Å². The molecule has 1 heterocycles. The van der Waals surface area contributed by atoms with Gasteiger partial charge in [-0.3, -0.25) is 4.79 Å². The highest BCUT2D eigenvalue weighted by atomic mass is 32.2. The lowest BCUT2D eigenvalue weighted by Gasteiger charge is -2.39. The van der Waals surface area contributed by atoms with E-state index in [1.807, 2.05) is 0 Å². The van der Waals surface area contributed by atoms with E-state index >= 15 is 0 Å². The first-order valence-electron chi connectivity index (χ1n) is 6.03. The Labute approximate surface area is 109 Å². The molecule has 0 aromatic heterocycles. The number of carboxylic acids is 1. The van der Waals surface area contributed by atoms with Crippen molar-refractivity contribution in [2.45, 2.75) is 46.1 Å². The summed E-state index contributed by atoms with van der Waals surface area (Å²) in [5, 5.41) is 9.19. The summed E-state index contributed by atoms with van der Waals surface area (Å²) in [6.07, 6.45) is 1.70. The monoisotopic (exact) mass is 278 g/mol. The van der Waals surface area contributed by atoms with Crippen LogP contribution >= 0.6 is 0 Å². The van der Waals surface area contributed by atoms with Crippen LogP contribution in [-0.4, -0.2) is 42.4 Å². The van der Waals surface area contributed by atoms with E-state index < -0.39 is 27.1 Å². The number of nitrogens with zero attached hydrogens (tertiary/aromatic N) is 1. The summed E-state index contributed by atoms with van der Waals surface area (Å²) >= 11 is 0. The molecule has 1 aliphatic rings. The van der Waals surface area contributed by atoms with Gasteiger partial charge in [0.05, 0.1) is 5.41 Å². The van der Waals surface area contributed by atoms with Crippen LogP contribution in [0.15, 0.2) is 0 Å². The Kier molecular flexibility index (Phi) is 4.10. The van der Waals surface area contributed by atoms with Crippen molar-refractivity contribution >= 4 is 16.2 Å². The van der Waals surface area contributed by atoms with Gasteiger partial charge in [0, 0.05) is 18.6 Å². The fourth-order valence-corrected chi connectivity index (χ4v) is 3.48. The fourth-order valence-electron chi connectivity index (χ4n) is 1.71. The summed E-state index contributed by atoms with van der Waals surface area (Å²) in [7, 11) is -3.61. The smallest absolute Gasteiger partial charge is 0.310 e. The topological polar surface area (TPSA) is 86.7 Å². The first-order chi connectivity index (χ1) is 8.01. The van der Waals surface area contributed by atoms with Gasteiger partial charge in [0.1, 0.15) is 0 Å². The van der Waals surface area contributed by atoms with Crippen LogP contribution in [0.5, 0.6) is 0 Å². The third-order valence-electron chi connectivity index (χ3n) is 3.89. The zero-order valence-electron chi connectivity index (χ0n) is 11.4. The molecule has 0 radical (unpaired) electrons. The maximum Gasteiger partial charge on any atom is 0.310 e. The lowest BCUT2D eigenvalue weighted by molar-refractivity contribution is -0.150. The van der Waals surface area contributed by atoms with Crippen molar-refractivity contribution in [3.05, 3.63) is 0 Å². The van der Waals surface area contributed by atoms with E-state index in [2.05, 4.69) is 4.72 Å². The predicted molar refractivity (Wildman–Crippen MR) is 68.4 cm³/mol. The Bertz CT molecular complexity index is 422. The Balaban J connectivity index is 2.91. The van der Waals surface area contributed by atoms with Crippen molar-refractivity contribution in [3.63, 3.8) is 0 Å². The normalized spacial score (nSPS) is 19.1. The molecule has 0 amide bonds. The van der Waals surface area contributed by atoms with E-state index in [0.29, 0.717) is 13.1 Å². The second kappa shape index (κ2) is 4.79. The van der Waals surface area contributed by atoms with Gasteiger partial charge in [0.25, 0.3) is 10.2 Å². The molecule has 0 aromatic carbocycles. The van der Waals surface area contributed by atoms with Crippen LogP contribution in [0.2, 0.25) is 0 Å². The molecule has 18 heavy (non-hydrogen) atoms. The number of hydrogen-bond acceptors (Lipinski definition) is 3. The molecule has 6 nitrogen and oxygen atoms in total. The van der Waals surface area contributed by atoms with Gasteiger partial charge in [-0.15, -0.1) is 0 Å². The summed E-state index contributed by atoms with van der Waals surface area (Å²) < 4.78 is 28.2. The van der Waals surface area contributed by atoms with Gasteiger partial charge in [-0.1, -0.05) is 0 Å². The molecule has 0 atom stereocenters. The molecule has 0 bridgehead atoms. The highest BCUT2D eigenvalue weighted by Gasteiger charge is 2.46. The lowest BCUT2D eigenvalue weighted by Crippen LogP contribution is -2.59. The van der Waals surface area contributed by atoms with Crippen LogP contribution in [0, 0.1) is 5.41 Å². The van der Waals surface area contributed by atoms with Crippen molar-refractivity contribution in [2.75, 3.05) is 13.1 Å². The molecular formula is C11H22N2O4S. The first kappa shape index (κ1) is 15.4. The van der Waals surface area contributed by atoms with E-state index in [1.54, 1.807) is 13.8 Å². The summed E-state index contributed by atoms with van der Waals surface area (Å²) in [5.74, 6) is -1.03. The highest BCUT2D eigenvalue weighted by Crippen LogP contribution is 2.32. The van der Waals surface area contributed by atoms with E-state index in [9.17, 15) is 18.3 Å². The third kappa shape index (κ3) is 2.84. The minimum Gasteiger partial charge on any atom is -0.481 e. The van der Waals surface area contributed by atoms with Crippen molar-refractivity contribution in [1.29, 1.82) is 0 Å². The third-order valence-corrected chi connectivity index (χ3v) is 5.70. The van der Waals surface area contributed by atoms with Gasteiger partial charge in [0.2, 0.25) is 0 Å². The molecule has 1 saturated heterocycles. The average Bonchev–Trinajstić information content (AvgIpc) is 2.68. The summed E-state index contributed by atoms with van der Waals surface area (Å²) in [6.45, 7) is 7.21. The van der Waals surface area contributed by atoms with Gasteiger partial charge in [-0.2, -0.15) is 17.4 Å². The Hall–Kier alpha value is -0.660. The summed E-state index contributed by atoms with van der Waals surface area (Å²) in [6, 6.07) is 0. The number of carboxylic acid groups (broad SMARTS) is 1. The standard InChI is InChI=1S/C11H22N2O4S/c1-10(2,9(14)15)11(3,4)12-18(16,17)13-7-5-6-8-13/h12H,5-8H2,1-4H3,(H,14,15). The second-order valence-electron chi connectivity index (χ2n) is 5.77. The van der Waals surface area contributed by atoms with Crippen LogP contribution in [-0.2, 0) is 15.0 Å². The molecule has 1 aliphatic heterocycles. The number of carbonyl (C=O) groups is 1. The summed E-state index contributed by atoms with van der Waals surface area (Å²) in [4.78, 5) is 11.2. The molecule has 1 fully saturated rings. The molecule has 7 heteroatoms. The first-order valence-corrected chi connectivity index (χ1v) is 7.47. The zero-order valence-corrected chi connectivity index (χ0v) is 12.2. The number of hydrogen-bond donors (Lipinski definition) is 2. The van der Waals surface area contributed by atoms with Gasteiger partial charge >= 0.3 is 5.97 Å². The van der Waals surface area contributed by atoms with Crippen LogP contribution < -0.4 is 4.72 Å². The van der Waals surface area contributed by atoms with E-state index in [0.717, 1.165) is 12.8 Å². The molecule has 2 N–H and O–H groups in total. The number of rotatable bonds is 5. The van der Waals surface area contributed by atoms with Crippen molar-refractivity contribution in [3.8, 4) is 0 Å². The molecule has 0 aromatic rings. The van der Waals surface area contributed by atoms with Crippen molar-refractivity contribution in [1.82, 2.24) is 9.03 Å². The Morgan fingerprint density at radius 1 is 1.17 bits per heavy atom.